The lowest BCUT2D eigenvalue weighted by Crippen LogP contribution is -2.28. The topological polar surface area (TPSA) is 50.3 Å². The Morgan fingerprint density at radius 3 is 2.56 bits per heavy atom. The highest BCUT2D eigenvalue weighted by molar-refractivity contribution is 6.31. The number of ether oxygens (including phenoxy) is 1. The van der Waals surface area contributed by atoms with Crippen LogP contribution in [0.5, 0.6) is 0 Å². The Hall–Kier alpha value is -0.910. The lowest BCUT2D eigenvalue weighted by atomic mass is 10.3. The predicted octanol–water partition coefficient (Wildman–Crippen LogP) is 1.74. The molecule has 1 aromatic heterocycles. The average molecular weight is 273 g/mol. The van der Waals surface area contributed by atoms with E-state index in [4.69, 9.17) is 16.3 Å². The predicted molar refractivity (Wildman–Crippen MR) is 74.4 cm³/mol. The fourth-order valence-corrected chi connectivity index (χ4v) is 1.65. The number of halogens is 1. The molecule has 1 rings (SSSR count). The van der Waals surface area contributed by atoms with Gasteiger partial charge in [0.05, 0.1) is 18.0 Å². The summed E-state index contributed by atoms with van der Waals surface area (Å²) < 4.78 is 5.02. The zero-order valence-electron chi connectivity index (χ0n) is 11.5. The SMILES string of the molecule is COCCN(C)CCNc1nc(C)c(C)nc1Cl. The molecule has 0 amide bonds. The van der Waals surface area contributed by atoms with Crippen molar-refractivity contribution in [3.05, 3.63) is 16.5 Å². The second-order valence-corrected chi connectivity index (χ2v) is 4.61. The summed E-state index contributed by atoms with van der Waals surface area (Å²) in [5, 5.41) is 3.63. The second-order valence-electron chi connectivity index (χ2n) is 4.26. The third kappa shape index (κ3) is 4.76. The van der Waals surface area contributed by atoms with Crippen molar-refractivity contribution in [2.75, 3.05) is 45.7 Å². The van der Waals surface area contributed by atoms with E-state index in [2.05, 4.69) is 20.2 Å². The number of nitrogens with zero attached hydrogens (tertiary/aromatic N) is 3. The fourth-order valence-electron chi connectivity index (χ4n) is 1.41. The van der Waals surface area contributed by atoms with Crippen molar-refractivity contribution < 1.29 is 4.74 Å². The van der Waals surface area contributed by atoms with Crippen LogP contribution in [0.25, 0.3) is 0 Å². The molecule has 0 unspecified atom stereocenters. The maximum atomic E-state index is 6.03. The van der Waals surface area contributed by atoms with Gasteiger partial charge in [-0.3, -0.25) is 0 Å². The number of nitrogens with one attached hydrogen (secondary N) is 1. The molecule has 5 nitrogen and oxygen atoms in total. The highest BCUT2D eigenvalue weighted by atomic mass is 35.5. The molecule has 0 fully saturated rings. The van der Waals surface area contributed by atoms with Crippen LogP contribution in [0.1, 0.15) is 11.4 Å². The van der Waals surface area contributed by atoms with E-state index in [1.807, 2.05) is 20.9 Å². The lowest BCUT2D eigenvalue weighted by Gasteiger charge is -2.16. The van der Waals surface area contributed by atoms with Crippen LogP contribution in [0.15, 0.2) is 0 Å². The van der Waals surface area contributed by atoms with Crippen molar-refractivity contribution in [3.8, 4) is 0 Å². The molecule has 0 aliphatic rings. The van der Waals surface area contributed by atoms with Gasteiger partial charge in [-0.05, 0) is 20.9 Å². The third-order valence-electron chi connectivity index (χ3n) is 2.73. The van der Waals surface area contributed by atoms with Gasteiger partial charge in [0.25, 0.3) is 0 Å². The first-order valence-electron chi connectivity index (χ1n) is 5.96. The molecule has 18 heavy (non-hydrogen) atoms. The minimum absolute atomic E-state index is 0.428. The summed E-state index contributed by atoms with van der Waals surface area (Å²) in [7, 11) is 3.75. The molecular weight excluding hydrogens is 252 g/mol. The van der Waals surface area contributed by atoms with E-state index in [1.54, 1.807) is 7.11 Å². The zero-order valence-corrected chi connectivity index (χ0v) is 12.2. The molecule has 0 aliphatic heterocycles. The molecule has 0 bridgehead atoms. The van der Waals surface area contributed by atoms with Gasteiger partial charge in [-0.2, -0.15) is 0 Å². The molecule has 0 aliphatic carbocycles. The number of aromatic nitrogens is 2. The van der Waals surface area contributed by atoms with E-state index >= 15 is 0 Å². The molecule has 6 heteroatoms. The molecule has 1 heterocycles. The minimum Gasteiger partial charge on any atom is -0.383 e. The van der Waals surface area contributed by atoms with Crippen LogP contribution in [0.2, 0.25) is 5.15 Å². The molecule has 0 saturated heterocycles. The first-order chi connectivity index (χ1) is 8.54. The summed E-state index contributed by atoms with van der Waals surface area (Å²) >= 11 is 6.03. The van der Waals surface area contributed by atoms with Crippen LogP contribution in [-0.4, -0.2) is 55.3 Å². The number of aryl methyl sites for hydroxylation is 2. The molecule has 1 aromatic rings. The van der Waals surface area contributed by atoms with Gasteiger partial charge in [-0.15, -0.1) is 0 Å². The van der Waals surface area contributed by atoms with Crippen molar-refractivity contribution in [2.45, 2.75) is 13.8 Å². The largest absolute Gasteiger partial charge is 0.383 e. The van der Waals surface area contributed by atoms with Gasteiger partial charge in [0, 0.05) is 26.7 Å². The highest BCUT2D eigenvalue weighted by Gasteiger charge is 2.06. The second kappa shape index (κ2) is 7.51. The van der Waals surface area contributed by atoms with Gasteiger partial charge < -0.3 is 15.0 Å². The Morgan fingerprint density at radius 2 is 1.89 bits per heavy atom. The van der Waals surface area contributed by atoms with Gasteiger partial charge in [-0.25, -0.2) is 9.97 Å². The van der Waals surface area contributed by atoms with E-state index < -0.39 is 0 Å². The average Bonchev–Trinajstić information content (AvgIpc) is 2.33. The van der Waals surface area contributed by atoms with Crippen molar-refractivity contribution >= 4 is 17.4 Å². The van der Waals surface area contributed by atoms with E-state index in [9.17, 15) is 0 Å². The standard InChI is InChI=1S/C12H21ClN4O/c1-9-10(2)16-12(11(13)15-9)14-5-6-17(3)7-8-18-4/h5-8H2,1-4H3,(H,14,16). The number of hydrogen-bond acceptors (Lipinski definition) is 5. The van der Waals surface area contributed by atoms with E-state index in [-0.39, 0.29) is 0 Å². The Bertz CT molecular complexity index is 387. The molecule has 1 N–H and O–H groups in total. The first kappa shape index (κ1) is 15.1. The van der Waals surface area contributed by atoms with Gasteiger partial charge >= 0.3 is 0 Å². The lowest BCUT2D eigenvalue weighted by molar-refractivity contribution is 0.163. The summed E-state index contributed by atoms with van der Waals surface area (Å²) in [5.74, 6) is 0.653. The Morgan fingerprint density at radius 1 is 1.22 bits per heavy atom. The number of rotatable bonds is 7. The fraction of sp³-hybridized carbons (Fsp3) is 0.667. The number of methoxy groups -OCH3 is 1. The summed E-state index contributed by atoms with van der Waals surface area (Å²) in [6.45, 7) is 7.14. The molecule has 0 aromatic carbocycles. The Kier molecular flexibility index (Phi) is 6.32. The van der Waals surface area contributed by atoms with E-state index in [0.29, 0.717) is 11.0 Å². The van der Waals surface area contributed by atoms with Crippen LogP contribution < -0.4 is 5.32 Å². The highest BCUT2D eigenvalue weighted by Crippen LogP contribution is 2.17. The van der Waals surface area contributed by atoms with Crippen molar-refractivity contribution in [3.63, 3.8) is 0 Å². The van der Waals surface area contributed by atoms with Gasteiger partial charge in [0.2, 0.25) is 0 Å². The maximum Gasteiger partial charge on any atom is 0.171 e. The third-order valence-corrected chi connectivity index (χ3v) is 2.99. The molecule has 0 radical (unpaired) electrons. The Labute approximate surface area is 114 Å². The number of anilines is 1. The molecule has 0 spiro atoms. The van der Waals surface area contributed by atoms with Crippen molar-refractivity contribution in [1.29, 1.82) is 0 Å². The van der Waals surface area contributed by atoms with Gasteiger partial charge in [0.1, 0.15) is 0 Å². The molecule has 0 saturated carbocycles. The molecule has 0 atom stereocenters. The van der Waals surface area contributed by atoms with Crippen LogP contribution in [-0.2, 0) is 4.74 Å². The number of likely N-dealkylation sites (N-methyl/N-ethyl adjacent to an activating group) is 1. The minimum atomic E-state index is 0.428. The summed E-state index contributed by atoms with van der Waals surface area (Å²) in [5.41, 5.74) is 1.76. The van der Waals surface area contributed by atoms with Crippen molar-refractivity contribution in [1.82, 2.24) is 14.9 Å². The quantitative estimate of drug-likeness (QED) is 0.819. The summed E-state index contributed by atoms with van der Waals surface area (Å²) in [6.07, 6.45) is 0. The first-order valence-corrected chi connectivity index (χ1v) is 6.34. The van der Waals surface area contributed by atoms with Gasteiger partial charge in [0.15, 0.2) is 11.0 Å². The normalized spacial score (nSPS) is 11.0. The monoisotopic (exact) mass is 272 g/mol. The van der Waals surface area contributed by atoms with Crippen molar-refractivity contribution in [2.24, 2.45) is 0 Å². The van der Waals surface area contributed by atoms with Crippen LogP contribution >= 0.6 is 11.6 Å². The smallest absolute Gasteiger partial charge is 0.171 e. The van der Waals surface area contributed by atoms with E-state index in [1.165, 1.54) is 0 Å². The summed E-state index contributed by atoms with van der Waals surface area (Å²) in [6, 6.07) is 0. The maximum absolute atomic E-state index is 6.03. The van der Waals surface area contributed by atoms with Gasteiger partial charge in [-0.1, -0.05) is 11.6 Å². The van der Waals surface area contributed by atoms with Crippen LogP contribution in [0, 0.1) is 13.8 Å². The zero-order chi connectivity index (χ0) is 13.5. The summed E-state index contributed by atoms with van der Waals surface area (Å²) in [4.78, 5) is 10.8. The molecular formula is C12H21ClN4O. The molecule has 102 valence electrons. The number of hydrogen-bond donors (Lipinski definition) is 1. The van der Waals surface area contributed by atoms with E-state index in [0.717, 1.165) is 37.6 Å². The van der Waals surface area contributed by atoms with Crippen LogP contribution in [0.4, 0.5) is 5.82 Å². The van der Waals surface area contributed by atoms with Crippen LogP contribution in [0.3, 0.4) is 0 Å². The Balaban J connectivity index is 2.42.